The van der Waals surface area contributed by atoms with Gasteiger partial charge in [0.25, 0.3) is 0 Å². The Hall–Kier alpha value is -0.794. The van der Waals surface area contributed by atoms with Crippen molar-refractivity contribution in [1.82, 2.24) is 0 Å². The predicted molar refractivity (Wildman–Crippen MR) is 48.2 cm³/mol. The van der Waals surface area contributed by atoms with Crippen molar-refractivity contribution in [3.63, 3.8) is 0 Å². The fourth-order valence-corrected chi connectivity index (χ4v) is 0.279. The van der Waals surface area contributed by atoms with Gasteiger partial charge in [-0.05, 0) is 0 Å². The number of aliphatic carboxylic acids is 1. The van der Waals surface area contributed by atoms with Gasteiger partial charge in [-0.15, -0.1) is 0 Å². The number of carbonyl (C=O) groups is 2. The SMILES string of the molecule is O=C([O-])C(O)C([OH2+])C(=O)[OH2+].[Co+3].[NH2-].[NH2-].[NH2-].[NH2-]. The molecule has 2 atom stereocenters. The van der Waals surface area contributed by atoms with Gasteiger partial charge in [-0.25, -0.2) is 0 Å². The van der Waals surface area contributed by atoms with Crippen LogP contribution in [0.2, 0.25) is 0 Å². The Balaban J connectivity index is -0.0000000405. The van der Waals surface area contributed by atoms with Gasteiger partial charge in [0.1, 0.15) is 0 Å². The fraction of sp³-hybridized carbons (Fsp3) is 0.500. The molecule has 0 amide bonds. The Morgan fingerprint density at radius 3 is 1.47 bits per heavy atom. The standard InChI is InChI=1S/C4H6O6.Co.4H2N/c5-1(3(7)8)2(6)4(9)10;;;;;/h1-2,5-6H,(H,7,8)(H,9,10);;4*1H2/q;+3;4*-1/p+1. The summed E-state index contributed by atoms with van der Waals surface area (Å²) in [5.41, 5.74) is 0. The molecular weight excluding hydrogens is 259 g/mol. The Labute approximate surface area is 96.2 Å². The minimum atomic E-state index is -2.20. The zero-order valence-electron chi connectivity index (χ0n) is 7.47. The summed E-state index contributed by atoms with van der Waals surface area (Å²) >= 11 is 0. The molecule has 0 radical (unpaired) electrons. The summed E-state index contributed by atoms with van der Waals surface area (Å²) in [5.74, 6) is -3.36. The summed E-state index contributed by atoms with van der Waals surface area (Å²) in [6, 6.07) is 0. The van der Waals surface area contributed by atoms with Gasteiger partial charge in [-0.3, -0.25) is 0 Å². The van der Waals surface area contributed by atoms with Crippen molar-refractivity contribution in [3.05, 3.63) is 24.6 Å². The number of hydrogen-bond donors (Lipinski definition) is 1. The maximum absolute atomic E-state index is 9.92. The first kappa shape index (κ1) is 36.8. The minimum Gasteiger partial charge on any atom is -0.693 e. The quantitative estimate of drug-likeness (QED) is 0.589. The topological polar surface area (TPSA) is 257 Å². The number of aliphatic hydroxyl groups is 1. The van der Waals surface area contributed by atoms with Gasteiger partial charge in [0.15, 0.2) is 6.10 Å². The third-order valence-corrected chi connectivity index (χ3v) is 0.840. The number of rotatable bonds is 3. The maximum Gasteiger partial charge on any atom is 3.00 e. The number of carboxylic acids is 1. The van der Waals surface area contributed by atoms with E-state index in [9.17, 15) is 14.7 Å². The Morgan fingerprint density at radius 1 is 1.13 bits per heavy atom. The van der Waals surface area contributed by atoms with Crippen molar-refractivity contribution in [2.24, 2.45) is 0 Å². The van der Waals surface area contributed by atoms with Crippen LogP contribution in [0.3, 0.4) is 0 Å². The largest absolute Gasteiger partial charge is 3.00 e. The molecule has 0 bridgehead atoms. The summed E-state index contributed by atoms with van der Waals surface area (Å²) in [6.07, 6.45) is -4.17. The summed E-state index contributed by atoms with van der Waals surface area (Å²) in [6.45, 7) is 0. The molecule has 96 valence electrons. The molecule has 0 aliphatic heterocycles. The number of hydrogen-bond acceptors (Lipinski definition) is 4. The van der Waals surface area contributed by atoms with Gasteiger partial charge < -0.3 is 49.8 Å². The molecule has 10 nitrogen and oxygen atoms in total. The zero-order chi connectivity index (χ0) is 8.31. The second-order valence-electron chi connectivity index (χ2n) is 1.61. The molecule has 0 aromatic heterocycles. The van der Waals surface area contributed by atoms with E-state index in [0.29, 0.717) is 0 Å². The molecule has 0 aromatic carbocycles. The minimum absolute atomic E-state index is 0. The van der Waals surface area contributed by atoms with E-state index in [-0.39, 0.29) is 41.4 Å². The van der Waals surface area contributed by atoms with Crippen LogP contribution in [0.1, 0.15) is 0 Å². The second-order valence-corrected chi connectivity index (χ2v) is 1.61. The van der Waals surface area contributed by atoms with Crippen LogP contribution < -0.4 is 5.11 Å². The maximum atomic E-state index is 9.92. The van der Waals surface area contributed by atoms with E-state index < -0.39 is 24.1 Å². The molecule has 0 spiro atoms. The summed E-state index contributed by atoms with van der Waals surface area (Å²) < 4.78 is 0. The van der Waals surface area contributed by atoms with Crippen LogP contribution in [0.4, 0.5) is 0 Å². The third-order valence-electron chi connectivity index (χ3n) is 0.840. The summed E-state index contributed by atoms with van der Waals surface area (Å²) in [5, 5.41) is 30.9. The van der Waals surface area contributed by atoms with Crippen LogP contribution >= 0.6 is 0 Å². The monoisotopic (exact) mass is 274 g/mol. The first-order valence-electron chi connectivity index (χ1n) is 2.32. The molecule has 0 rings (SSSR count). The van der Waals surface area contributed by atoms with E-state index in [0.717, 1.165) is 0 Å². The normalized spacial score (nSPS) is 10.5. The van der Waals surface area contributed by atoms with Gasteiger partial charge >= 0.3 is 28.9 Å². The van der Waals surface area contributed by atoms with E-state index in [2.05, 4.69) is 0 Å². The van der Waals surface area contributed by atoms with E-state index in [1.54, 1.807) is 0 Å². The van der Waals surface area contributed by atoms with Crippen LogP contribution in [0.15, 0.2) is 0 Å². The Morgan fingerprint density at radius 2 is 1.40 bits per heavy atom. The fourth-order valence-electron chi connectivity index (χ4n) is 0.279. The first-order chi connectivity index (χ1) is 4.46. The van der Waals surface area contributed by atoms with Crippen LogP contribution in [0.25, 0.3) is 24.6 Å². The summed E-state index contributed by atoms with van der Waals surface area (Å²) in [4.78, 5) is 19.6. The van der Waals surface area contributed by atoms with Crippen molar-refractivity contribution < 1.29 is 46.8 Å². The van der Waals surface area contributed by atoms with Crippen LogP contribution in [0.5, 0.6) is 0 Å². The molecule has 2 unspecified atom stereocenters. The molecule has 0 saturated heterocycles. The van der Waals surface area contributed by atoms with Crippen LogP contribution in [-0.2, 0) is 26.4 Å². The van der Waals surface area contributed by atoms with Gasteiger partial charge in [0.2, 0.25) is 0 Å². The zero-order valence-corrected chi connectivity index (χ0v) is 8.51. The molecule has 0 heterocycles. The van der Waals surface area contributed by atoms with E-state index in [4.69, 9.17) is 15.3 Å². The van der Waals surface area contributed by atoms with E-state index >= 15 is 0 Å². The average Bonchev–Trinajstić information content (AvgIpc) is 1.84. The molecule has 15 heavy (non-hydrogen) atoms. The Kier molecular flexibility index (Phi) is 38.4. The van der Waals surface area contributed by atoms with Crippen molar-refractivity contribution >= 4 is 11.9 Å². The van der Waals surface area contributed by atoms with E-state index in [1.165, 1.54) is 0 Å². The van der Waals surface area contributed by atoms with Crippen molar-refractivity contribution in [2.75, 3.05) is 0 Å². The van der Waals surface area contributed by atoms with Crippen LogP contribution in [-0.4, -0.2) is 39.5 Å². The number of carbonyl (C=O) groups excluding carboxylic acids is 2. The Bertz CT molecular complexity index is 151. The number of aliphatic hydroxyl groups excluding tert-OH is 1. The van der Waals surface area contributed by atoms with Crippen LogP contribution in [0, 0.1) is 0 Å². The van der Waals surface area contributed by atoms with Crippen molar-refractivity contribution in [2.45, 2.75) is 12.2 Å². The molecule has 0 aliphatic rings. The molecule has 13 N–H and O–H groups in total. The van der Waals surface area contributed by atoms with E-state index in [1.807, 2.05) is 0 Å². The smallest absolute Gasteiger partial charge is 0.693 e. The molecule has 0 saturated carbocycles. The second kappa shape index (κ2) is 15.7. The van der Waals surface area contributed by atoms with Gasteiger partial charge in [-0.2, -0.15) is 0 Å². The van der Waals surface area contributed by atoms with Crippen molar-refractivity contribution in [3.8, 4) is 0 Å². The van der Waals surface area contributed by atoms with Gasteiger partial charge in [0.05, 0.1) is 10.8 Å². The third kappa shape index (κ3) is 13.2. The molecule has 11 heteroatoms. The molecule has 0 fully saturated rings. The predicted octanol–water partition coefficient (Wildman–Crippen LogP) is -1.69. The van der Waals surface area contributed by atoms with Gasteiger partial charge in [-0.1, -0.05) is 0 Å². The molecule has 0 aliphatic carbocycles. The van der Waals surface area contributed by atoms with Crippen molar-refractivity contribution in [1.29, 1.82) is 0 Å². The first-order valence-corrected chi connectivity index (χ1v) is 2.32. The number of nitrogens with two attached hydrogens (primary N) is 4. The van der Waals surface area contributed by atoms with Gasteiger partial charge in [0, 0.05) is 0 Å². The molecular formula is C4H15CoN4O6. The molecule has 0 aromatic rings. The summed E-state index contributed by atoms with van der Waals surface area (Å²) in [7, 11) is 0. The average molecular weight is 274 g/mol. The number of carboxylic acid groups (broad SMARTS) is 1.